The molecule has 1 saturated carbocycles. The van der Waals surface area contributed by atoms with Crippen LogP contribution in [0.2, 0.25) is 0 Å². The van der Waals surface area contributed by atoms with Crippen LogP contribution in [0.15, 0.2) is 12.7 Å². The van der Waals surface area contributed by atoms with E-state index in [4.69, 9.17) is 5.73 Å². The zero-order chi connectivity index (χ0) is 6.91. The molecule has 0 amide bonds. The van der Waals surface area contributed by atoms with Crippen molar-refractivity contribution >= 4 is 0 Å². The van der Waals surface area contributed by atoms with Crippen molar-refractivity contribution in [3.05, 3.63) is 12.7 Å². The number of rotatable bonds is 2. The summed E-state index contributed by atoms with van der Waals surface area (Å²) >= 11 is 0. The molecule has 1 nitrogen and oxygen atoms in total. The highest BCUT2D eigenvalue weighted by Crippen LogP contribution is 2.45. The van der Waals surface area contributed by atoms with Gasteiger partial charge < -0.3 is 5.73 Å². The summed E-state index contributed by atoms with van der Waals surface area (Å²) in [5, 5.41) is 0. The number of hydrogen-bond donors (Lipinski definition) is 1. The largest absolute Gasteiger partial charge is 0.330 e. The van der Waals surface area contributed by atoms with Crippen LogP contribution in [0.5, 0.6) is 0 Å². The van der Waals surface area contributed by atoms with Crippen LogP contribution in [0.25, 0.3) is 0 Å². The van der Waals surface area contributed by atoms with Crippen LogP contribution < -0.4 is 5.73 Å². The van der Waals surface area contributed by atoms with E-state index in [0.717, 1.165) is 12.5 Å². The normalized spacial score (nSPS) is 41.8. The highest BCUT2D eigenvalue weighted by molar-refractivity contribution is 5.04. The summed E-state index contributed by atoms with van der Waals surface area (Å²) < 4.78 is 0. The van der Waals surface area contributed by atoms with Crippen molar-refractivity contribution in [1.82, 2.24) is 0 Å². The first kappa shape index (κ1) is 6.81. The van der Waals surface area contributed by atoms with Gasteiger partial charge in [0.15, 0.2) is 0 Å². The molecule has 0 saturated heterocycles. The van der Waals surface area contributed by atoms with Gasteiger partial charge >= 0.3 is 0 Å². The van der Waals surface area contributed by atoms with E-state index in [2.05, 4.69) is 13.5 Å². The Morgan fingerprint density at radius 3 is 2.44 bits per heavy atom. The van der Waals surface area contributed by atoms with E-state index in [-0.39, 0.29) is 0 Å². The second kappa shape index (κ2) is 2.14. The lowest BCUT2D eigenvalue weighted by molar-refractivity contribution is 0.132. The van der Waals surface area contributed by atoms with Gasteiger partial charge in [0.25, 0.3) is 0 Å². The first-order chi connectivity index (χ1) is 4.22. The van der Waals surface area contributed by atoms with Crippen molar-refractivity contribution in [2.45, 2.75) is 19.8 Å². The molecule has 0 aromatic rings. The molecule has 0 aromatic heterocycles. The maximum Gasteiger partial charge on any atom is 0.00143 e. The van der Waals surface area contributed by atoms with Crippen molar-refractivity contribution in [2.75, 3.05) is 6.54 Å². The van der Waals surface area contributed by atoms with Gasteiger partial charge in [-0.1, -0.05) is 13.0 Å². The summed E-state index contributed by atoms with van der Waals surface area (Å²) in [6, 6.07) is 0. The average Bonchev–Trinajstić information content (AvgIpc) is 1.81. The molecule has 0 aliphatic heterocycles. The molecule has 52 valence electrons. The number of nitrogens with two attached hydrogens (primary N) is 1. The van der Waals surface area contributed by atoms with Gasteiger partial charge in [0.2, 0.25) is 0 Å². The van der Waals surface area contributed by atoms with Crippen molar-refractivity contribution < 1.29 is 0 Å². The Kier molecular flexibility index (Phi) is 1.62. The predicted octanol–water partition coefficient (Wildman–Crippen LogP) is 1.55. The van der Waals surface area contributed by atoms with Gasteiger partial charge in [-0.25, -0.2) is 0 Å². The molecular weight excluding hydrogens is 110 g/mol. The molecule has 9 heavy (non-hydrogen) atoms. The first-order valence-corrected chi connectivity index (χ1v) is 3.56. The molecule has 0 unspecified atom stereocenters. The van der Waals surface area contributed by atoms with E-state index in [1.54, 1.807) is 0 Å². The fraction of sp³-hybridized carbons (Fsp3) is 0.750. The van der Waals surface area contributed by atoms with Gasteiger partial charge in [-0.3, -0.25) is 0 Å². The molecule has 0 heterocycles. The minimum Gasteiger partial charge on any atom is -0.330 e. The molecule has 1 rings (SSSR count). The molecule has 1 fully saturated rings. The summed E-state index contributed by atoms with van der Waals surface area (Å²) in [6.45, 7) is 6.82. The summed E-state index contributed by atoms with van der Waals surface area (Å²) in [5.41, 5.74) is 5.89. The maximum atomic E-state index is 5.57. The minimum atomic E-state index is 0.319. The molecule has 2 N–H and O–H groups in total. The Labute approximate surface area is 56.9 Å². The number of hydrogen-bond acceptors (Lipinski definition) is 1. The summed E-state index contributed by atoms with van der Waals surface area (Å²) in [5.74, 6) is 0.867. The van der Waals surface area contributed by atoms with Crippen LogP contribution in [-0.2, 0) is 0 Å². The second-order valence-corrected chi connectivity index (χ2v) is 3.28. The smallest absolute Gasteiger partial charge is 0.00143 e. The molecule has 1 aliphatic rings. The molecule has 1 aliphatic carbocycles. The lowest BCUT2D eigenvalue weighted by Gasteiger charge is -2.43. The fourth-order valence-corrected chi connectivity index (χ4v) is 1.74. The van der Waals surface area contributed by atoms with Gasteiger partial charge in [-0.05, 0) is 18.8 Å². The van der Waals surface area contributed by atoms with Crippen molar-refractivity contribution in [3.8, 4) is 0 Å². The van der Waals surface area contributed by atoms with Gasteiger partial charge in [0.1, 0.15) is 0 Å². The second-order valence-electron chi connectivity index (χ2n) is 3.28. The SMILES string of the molecule is C=C[C@]1(CN)C[C@H](C)C1. The van der Waals surface area contributed by atoms with Crippen LogP contribution in [0.3, 0.4) is 0 Å². The van der Waals surface area contributed by atoms with Gasteiger partial charge in [-0.15, -0.1) is 6.58 Å². The van der Waals surface area contributed by atoms with Crippen LogP contribution in [0.1, 0.15) is 19.8 Å². The van der Waals surface area contributed by atoms with Crippen molar-refractivity contribution in [2.24, 2.45) is 17.1 Å². The Morgan fingerprint density at radius 1 is 1.78 bits per heavy atom. The van der Waals surface area contributed by atoms with Crippen LogP contribution in [0.4, 0.5) is 0 Å². The predicted molar refractivity (Wildman–Crippen MR) is 40.1 cm³/mol. The molecule has 0 radical (unpaired) electrons. The Morgan fingerprint density at radius 2 is 2.33 bits per heavy atom. The van der Waals surface area contributed by atoms with E-state index in [1.807, 2.05) is 6.08 Å². The Bertz CT molecular complexity index is 112. The molecule has 0 aromatic carbocycles. The van der Waals surface area contributed by atoms with Gasteiger partial charge in [0.05, 0.1) is 0 Å². The highest BCUT2D eigenvalue weighted by Gasteiger charge is 2.37. The maximum absolute atomic E-state index is 5.57. The average molecular weight is 125 g/mol. The lowest BCUT2D eigenvalue weighted by Crippen LogP contribution is -2.40. The van der Waals surface area contributed by atoms with E-state index in [9.17, 15) is 0 Å². The zero-order valence-electron chi connectivity index (χ0n) is 6.06. The van der Waals surface area contributed by atoms with Crippen LogP contribution in [-0.4, -0.2) is 6.54 Å². The molecular formula is C8H15N. The highest BCUT2D eigenvalue weighted by atomic mass is 14.6. The van der Waals surface area contributed by atoms with E-state index < -0.39 is 0 Å². The lowest BCUT2D eigenvalue weighted by atomic mass is 9.63. The standard InChI is InChI=1S/C8H15N/c1-3-8(6-9)4-7(2)5-8/h3,7H,1,4-6,9H2,2H3/t7-,8-. The van der Waals surface area contributed by atoms with Crippen molar-refractivity contribution in [3.63, 3.8) is 0 Å². The van der Waals surface area contributed by atoms with E-state index in [1.165, 1.54) is 12.8 Å². The zero-order valence-corrected chi connectivity index (χ0v) is 6.06. The van der Waals surface area contributed by atoms with Crippen LogP contribution in [0, 0.1) is 11.3 Å². The molecule has 0 spiro atoms. The van der Waals surface area contributed by atoms with E-state index >= 15 is 0 Å². The van der Waals surface area contributed by atoms with Gasteiger partial charge in [0, 0.05) is 12.0 Å². The topological polar surface area (TPSA) is 26.0 Å². The van der Waals surface area contributed by atoms with Crippen LogP contribution >= 0.6 is 0 Å². The third-order valence-electron chi connectivity index (χ3n) is 2.35. The Balaban J connectivity index is 2.45. The van der Waals surface area contributed by atoms with E-state index in [0.29, 0.717) is 5.41 Å². The fourth-order valence-electron chi connectivity index (χ4n) is 1.74. The molecule has 1 heteroatoms. The monoisotopic (exact) mass is 125 g/mol. The quantitative estimate of drug-likeness (QED) is 0.557. The van der Waals surface area contributed by atoms with Crippen molar-refractivity contribution in [1.29, 1.82) is 0 Å². The third kappa shape index (κ3) is 1.01. The molecule has 0 atom stereocenters. The Hall–Kier alpha value is -0.300. The molecule has 0 bridgehead atoms. The first-order valence-electron chi connectivity index (χ1n) is 3.56. The summed E-state index contributed by atoms with van der Waals surface area (Å²) in [4.78, 5) is 0. The summed E-state index contributed by atoms with van der Waals surface area (Å²) in [6.07, 6.45) is 4.51. The third-order valence-corrected chi connectivity index (χ3v) is 2.35. The van der Waals surface area contributed by atoms with Gasteiger partial charge in [-0.2, -0.15) is 0 Å². The minimum absolute atomic E-state index is 0.319. The summed E-state index contributed by atoms with van der Waals surface area (Å²) in [7, 11) is 0.